The summed E-state index contributed by atoms with van der Waals surface area (Å²) in [5.41, 5.74) is 2.08. The second kappa shape index (κ2) is 8.56. The van der Waals surface area contributed by atoms with Crippen LogP contribution in [0.5, 0.6) is 5.75 Å². The van der Waals surface area contributed by atoms with Gasteiger partial charge in [0, 0.05) is 59.4 Å². The Morgan fingerprint density at radius 3 is 2.54 bits per heavy atom. The molecule has 3 heterocycles. The number of carboxylic acids is 1. The van der Waals surface area contributed by atoms with Gasteiger partial charge in [0.05, 0.1) is 11.3 Å². The van der Waals surface area contributed by atoms with Crippen molar-refractivity contribution < 1.29 is 41.1 Å². The van der Waals surface area contributed by atoms with E-state index in [0.29, 0.717) is 33.6 Å². The molecule has 0 bridgehead atoms. The zero-order valence-corrected chi connectivity index (χ0v) is 19.6. The van der Waals surface area contributed by atoms with Gasteiger partial charge in [0.1, 0.15) is 17.2 Å². The average molecular weight is 521 g/mol. The third kappa shape index (κ3) is 4.75. The van der Waals surface area contributed by atoms with Crippen LogP contribution in [0.1, 0.15) is 34.7 Å². The molecule has 0 spiro atoms. The number of benzene rings is 1. The summed E-state index contributed by atoms with van der Waals surface area (Å²) in [5, 5.41) is 13.6. The number of alkyl halides is 5. The zero-order valence-electron chi connectivity index (χ0n) is 19.6. The van der Waals surface area contributed by atoms with Crippen LogP contribution in [-0.4, -0.2) is 38.1 Å². The lowest BCUT2D eigenvalue weighted by atomic mass is 9.81. The number of hydrogen-bond acceptors (Lipinski definition) is 5. The second-order valence-corrected chi connectivity index (χ2v) is 9.18. The van der Waals surface area contributed by atoms with Crippen molar-refractivity contribution in [2.24, 2.45) is 5.92 Å². The van der Waals surface area contributed by atoms with Crippen molar-refractivity contribution in [3.63, 3.8) is 0 Å². The predicted molar refractivity (Wildman–Crippen MR) is 121 cm³/mol. The number of pyridine rings is 1. The van der Waals surface area contributed by atoms with Gasteiger partial charge in [-0.25, -0.2) is 18.6 Å². The molecule has 3 aromatic heterocycles. The van der Waals surface area contributed by atoms with Gasteiger partial charge in [-0.2, -0.15) is 0 Å². The number of ether oxygens (including phenoxy) is 1. The average Bonchev–Trinajstić information content (AvgIpc) is 3.30. The lowest BCUT2D eigenvalue weighted by Crippen LogP contribution is -2.37. The number of hydrogen-bond donors (Lipinski definition) is 1. The Hall–Kier alpha value is -3.96. The van der Waals surface area contributed by atoms with Crippen LogP contribution in [0.2, 0.25) is 0 Å². The maximum atomic E-state index is 13.5. The molecule has 1 aliphatic carbocycles. The summed E-state index contributed by atoms with van der Waals surface area (Å²) >= 11 is 0. The molecule has 194 valence electrons. The SMILES string of the molecule is Cc1noc(C)c1-c1cnc2c(c1)c(-c1ccc(C(=O)O)cc1OC(F)(F)F)cn2CC1CC(F)(F)C1. The summed E-state index contributed by atoms with van der Waals surface area (Å²) in [6.45, 7) is 3.63. The lowest BCUT2D eigenvalue weighted by Gasteiger charge is -2.35. The van der Waals surface area contributed by atoms with Gasteiger partial charge in [0.2, 0.25) is 5.92 Å². The van der Waals surface area contributed by atoms with E-state index < -0.39 is 29.6 Å². The summed E-state index contributed by atoms with van der Waals surface area (Å²) in [4.78, 5) is 15.9. The largest absolute Gasteiger partial charge is 0.573 e. The summed E-state index contributed by atoms with van der Waals surface area (Å²) < 4.78 is 77.7. The van der Waals surface area contributed by atoms with Crippen molar-refractivity contribution in [1.29, 1.82) is 0 Å². The van der Waals surface area contributed by atoms with Gasteiger partial charge in [0.15, 0.2) is 0 Å². The molecule has 37 heavy (non-hydrogen) atoms. The van der Waals surface area contributed by atoms with Gasteiger partial charge < -0.3 is 18.9 Å². The summed E-state index contributed by atoms with van der Waals surface area (Å²) in [7, 11) is 0. The molecule has 0 radical (unpaired) electrons. The first-order valence-electron chi connectivity index (χ1n) is 11.2. The number of carbonyl (C=O) groups is 1. The number of halogens is 5. The smallest absolute Gasteiger partial charge is 0.478 e. The number of carboxylic acid groups (broad SMARTS) is 1. The Kier molecular flexibility index (Phi) is 5.72. The highest BCUT2D eigenvalue weighted by Crippen LogP contribution is 2.45. The highest BCUT2D eigenvalue weighted by atomic mass is 19.4. The van der Waals surface area contributed by atoms with Gasteiger partial charge >= 0.3 is 12.3 Å². The fourth-order valence-electron chi connectivity index (χ4n) is 4.84. The second-order valence-electron chi connectivity index (χ2n) is 9.18. The first kappa shape index (κ1) is 24.7. The van der Waals surface area contributed by atoms with Crippen LogP contribution in [0.4, 0.5) is 22.0 Å². The van der Waals surface area contributed by atoms with E-state index in [-0.39, 0.29) is 36.4 Å². The number of fused-ring (bicyclic) bond motifs is 1. The molecule has 1 saturated carbocycles. The fraction of sp³-hybridized carbons (Fsp3) is 0.320. The van der Waals surface area contributed by atoms with Crippen LogP contribution in [0.25, 0.3) is 33.3 Å². The van der Waals surface area contributed by atoms with E-state index >= 15 is 0 Å². The van der Waals surface area contributed by atoms with E-state index in [4.69, 9.17) is 4.52 Å². The van der Waals surface area contributed by atoms with Crippen LogP contribution in [0, 0.1) is 19.8 Å². The number of aryl methyl sites for hydroxylation is 2. The van der Waals surface area contributed by atoms with Crippen molar-refractivity contribution in [1.82, 2.24) is 14.7 Å². The van der Waals surface area contributed by atoms with Crippen molar-refractivity contribution in [2.75, 3.05) is 0 Å². The third-order valence-corrected chi connectivity index (χ3v) is 6.41. The minimum atomic E-state index is -5.08. The van der Waals surface area contributed by atoms with Crippen molar-refractivity contribution in [3.05, 3.63) is 53.7 Å². The zero-order chi connectivity index (χ0) is 26.7. The molecule has 12 heteroatoms. The van der Waals surface area contributed by atoms with E-state index in [1.165, 1.54) is 18.3 Å². The Morgan fingerprint density at radius 1 is 1.22 bits per heavy atom. The first-order chi connectivity index (χ1) is 17.3. The van der Waals surface area contributed by atoms with Gasteiger partial charge in [-0.3, -0.25) is 0 Å². The van der Waals surface area contributed by atoms with Crippen LogP contribution in [-0.2, 0) is 6.54 Å². The standard InChI is InChI=1S/C25H20F5N3O4/c1-12-21(13(2)37-32-12)16-5-18-19(11-33(22(18)31-9-16)10-14-7-24(26,27)8-14)17-4-3-15(23(34)35)6-20(17)36-25(28,29)30/h3-6,9,11,14H,7-8,10H2,1-2H3,(H,34,35). The van der Waals surface area contributed by atoms with E-state index in [9.17, 15) is 31.9 Å². The molecule has 7 nitrogen and oxygen atoms in total. The van der Waals surface area contributed by atoms with Gasteiger partial charge in [-0.05, 0) is 44.0 Å². The highest BCUT2D eigenvalue weighted by molar-refractivity contribution is 5.99. The summed E-state index contributed by atoms with van der Waals surface area (Å²) in [6, 6.07) is 4.90. The molecule has 0 amide bonds. The molecule has 0 unspecified atom stereocenters. The molecule has 1 N–H and O–H groups in total. The molecule has 0 saturated heterocycles. The summed E-state index contributed by atoms with van der Waals surface area (Å²) in [6.07, 6.45) is -2.58. The summed E-state index contributed by atoms with van der Waals surface area (Å²) in [5.74, 6) is -4.68. The molecular weight excluding hydrogens is 501 g/mol. The third-order valence-electron chi connectivity index (χ3n) is 6.41. The molecule has 1 aliphatic rings. The maximum absolute atomic E-state index is 13.5. The number of rotatable bonds is 6. The number of aromatic nitrogens is 3. The minimum Gasteiger partial charge on any atom is -0.478 e. The van der Waals surface area contributed by atoms with E-state index in [1.807, 2.05) is 0 Å². The molecular formula is C25H20F5N3O4. The van der Waals surface area contributed by atoms with Crippen molar-refractivity contribution in [2.45, 2.75) is 45.5 Å². The fourth-order valence-corrected chi connectivity index (χ4v) is 4.84. The van der Waals surface area contributed by atoms with Gasteiger partial charge in [-0.15, -0.1) is 13.2 Å². The maximum Gasteiger partial charge on any atom is 0.573 e. The van der Waals surface area contributed by atoms with Crippen LogP contribution in [0.15, 0.2) is 41.2 Å². The van der Waals surface area contributed by atoms with Crippen LogP contribution in [0.3, 0.4) is 0 Å². The molecule has 5 rings (SSSR count). The van der Waals surface area contributed by atoms with Gasteiger partial charge in [0.25, 0.3) is 0 Å². The van der Waals surface area contributed by atoms with E-state index in [0.717, 1.165) is 6.07 Å². The quantitative estimate of drug-likeness (QED) is 0.287. The van der Waals surface area contributed by atoms with E-state index in [2.05, 4.69) is 14.9 Å². The Labute approximate surface area is 206 Å². The van der Waals surface area contributed by atoms with Crippen LogP contribution < -0.4 is 4.74 Å². The predicted octanol–water partition coefficient (Wildman–Crippen LogP) is 6.62. The molecule has 4 aromatic rings. The molecule has 0 atom stereocenters. The first-order valence-corrected chi connectivity index (χ1v) is 11.2. The lowest BCUT2D eigenvalue weighted by molar-refractivity contribution is -0.274. The highest BCUT2D eigenvalue weighted by Gasteiger charge is 2.45. The Morgan fingerprint density at radius 2 is 1.95 bits per heavy atom. The van der Waals surface area contributed by atoms with Crippen molar-refractivity contribution in [3.8, 4) is 28.0 Å². The van der Waals surface area contributed by atoms with Crippen molar-refractivity contribution >= 4 is 17.0 Å². The Bertz CT molecular complexity index is 1500. The normalized spacial score (nSPS) is 15.6. The van der Waals surface area contributed by atoms with E-state index in [1.54, 1.807) is 30.7 Å². The molecule has 1 aromatic carbocycles. The number of nitrogens with zero attached hydrogens (tertiary/aromatic N) is 3. The topological polar surface area (TPSA) is 90.4 Å². The number of aromatic carboxylic acids is 1. The molecule has 1 fully saturated rings. The Balaban J connectivity index is 1.70. The minimum absolute atomic E-state index is 0.0253. The molecule has 0 aliphatic heterocycles. The van der Waals surface area contributed by atoms with Gasteiger partial charge in [-0.1, -0.05) is 5.16 Å². The van der Waals surface area contributed by atoms with Crippen LogP contribution >= 0.6 is 0 Å². The monoisotopic (exact) mass is 521 g/mol.